The normalized spacial score (nSPS) is 10.1. The maximum Gasteiger partial charge on any atom is 0.290 e. The van der Waals surface area contributed by atoms with Gasteiger partial charge in [0.1, 0.15) is 0 Å². The van der Waals surface area contributed by atoms with Crippen molar-refractivity contribution >= 4 is 5.91 Å². The first-order chi connectivity index (χ1) is 7.25. The number of carbonyl (C=O) groups is 1. The van der Waals surface area contributed by atoms with Gasteiger partial charge in [0.2, 0.25) is 0 Å². The van der Waals surface area contributed by atoms with Crippen LogP contribution >= 0.6 is 0 Å². The van der Waals surface area contributed by atoms with Gasteiger partial charge >= 0.3 is 0 Å². The molecule has 6 heteroatoms. The van der Waals surface area contributed by atoms with E-state index in [0.29, 0.717) is 6.54 Å². The van der Waals surface area contributed by atoms with E-state index in [0.717, 1.165) is 5.56 Å². The number of primary amides is 1. The Hall–Kier alpha value is -2.24. The Bertz CT molecular complexity index is 464. The Balaban J connectivity index is 2.15. The van der Waals surface area contributed by atoms with Crippen molar-refractivity contribution < 1.29 is 4.79 Å². The van der Waals surface area contributed by atoms with Crippen molar-refractivity contribution in [2.24, 2.45) is 5.73 Å². The van der Waals surface area contributed by atoms with Gasteiger partial charge in [0.05, 0.1) is 6.54 Å². The molecule has 1 heterocycles. The Morgan fingerprint density at radius 2 is 2.07 bits per heavy atom. The molecule has 0 aliphatic carbocycles. The van der Waals surface area contributed by atoms with E-state index in [1.807, 2.05) is 30.3 Å². The summed E-state index contributed by atoms with van der Waals surface area (Å²) in [5, 5.41) is 11.1. The number of hydrogen-bond donors (Lipinski definition) is 1. The van der Waals surface area contributed by atoms with Crippen LogP contribution in [0.4, 0.5) is 0 Å². The van der Waals surface area contributed by atoms with Crippen LogP contribution in [0.3, 0.4) is 0 Å². The molecule has 0 aliphatic heterocycles. The highest BCUT2D eigenvalue weighted by Gasteiger charge is 2.07. The first-order valence-corrected chi connectivity index (χ1v) is 4.37. The van der Waals surface area contributed by atoms with Gasteiger partial charge in [-0.2, -0.15) is 4.80 Å². The smallest absolute Gasteiger partial charge is 0.290 e. The Morgan fingerprint density at radius 3 is 2.67 bits per heavy atom. The predicted molar refractivity (Wildman–Crippen MR) is 51.9 cm³/mol. The molecule has 2 aromatic rings. The van der Waals surface area contributed by atoms with Gasteiger partial charge in [0, 0.05) is 0 Å². The predicted octanol–water partition coefficient (Wildman–Crippen LogP) is -0.180. The average molecular weight is 203 g/mol. The fourth-order valence-corrected chi connectivity index (χ4v) is 1.16. The molecule has 0 aliphatic rings. The lowest BCUT2D eigenvalue weighted by Gasteiger charge is -1.97. The zero-order valence-corrected chi connectivity index (χ0v) is 7.87. The summed E-state index contributed by atoms with van der Waals surface area (Å²) in [7, 11) is 0. The summed E-state index contributed by atoms with van der Waals surface area (Å²) >= 11 is 0. The van der Waals surface area contributed by atoms with Gasteiger partial charge in [0.25, 0.3) is 11.7 Å². The molecule has 0 unspecified atom stereocenters. The van der Waals surface area contributed by atoms with E-state index >= 15 is 0 Å². The van der Waals surface area contributed by atoms with Gasteiger partial charge in [-0.1, -0.05) is 30.3 Å². The van der Waals surface area contributed by atoms with Gasteiger partial charge in [-0.05, 0) is 10.8 Å². The molecule has 0 fully saturated rings. The van der Waals surface area contributed by atoms with Crippen LogP contribution in [-0.4, -0.2) is 26.1 Å². The number of hydrogen-bond acceptors (Lipinski definition) is 4. The van der Waals surface area contributed by atoms with Gasteiger partial charge in [-0.15, -0.1) is 10.2 Å². The third-order valence-corrected chi connectivity index (χ3v) is 1.84. The van der Waals surface area contributed by atoms with Crippen LogP contribution in [0.2, 0.25) is 0 Å². The second-order valence-electron chi connectivity index (χ2n) is 2.99. The van der Waals surface area contributed by atoms with Crippen LogP contribution in [0.5, 0.6) is 0 Å². The number of aromatic nitrogens is 4. The molecule has 0 radical (unpaired) electrons. The molecule has 0 saturated carbocycles. The molecular weight excluding hydrogens is 194 g/mol. The summed E-state index contributed by atoms with van der Waals surface area (Å²) < 4.78 is 0. The minimum atomic E-state index is -0.672. The number of amides is 1. The van der Waals surface area contributed by atoms with Crippen molar-refractivity contribution in [1.82, 2.24) is 20.2 Å². The fraction of sp³-hybridized carbons (Fsp3) is 0.111. The van der Waals surface area contributed by atoms with Gasteiger partial charge in [-0.25, -0.2) is 0 Å². The molecule has 2 rings (SSSR count). The van der Waals surface area contributed by atoms with Crippen LogP contribution in [-0.2, 0) is 6.54 Å². The van der Waals surface area contributed by atoms with Crippen LogP contribution in [0, 0.1) is 0 Å². The molecule has 1 amide bonds. The second kappa shape index (κ2) is 3.87. The lowest BCUT2D eigenvalue weighted by atomic mass is 10.2. The fourth-order valence-electron chi connectivity index (χ4n) is 1.16. The van der Waals surface area contributed by atoms with Gasteiger partial charge < -0.3 is 5.73 Å². The van der Waals surface area contributed by atoms with E-state index in [2.05, 4.69) is 15.4 Å². The summed E-state index contributed by atoms with van der Waals surface area (Å²) in [4.78, 5) is 12.0. The summed E-state index contributed by atoms with van der Waals surface area (Å²) in [5.74, 6) is -0.736. The van der Waals surface area contributed by atoms with Gasteiger partial charge in [-0.3, -0.25) is 4.79 Å². The number of nitrogens with two attached hydrogens (primary N) is 1. The highest BCUT2D eigenvalue weighted by Crippen LogP contribution is 1.99. The summed E-state index contributed by atoms with van der Waals surface area (Å²) in [6.07, 6.45) is 0. The number of nitrogens with zero attached hydrogens (tertiary/aromatic N) is 4. The third kappa shape index (κ3) is 2.16. The van der Waals surface area contributed by atoms with E-state index in [4.69, 9.17) is 5.73 Å². The monoisotopic (exact) mass is 203 g/mol. The highest BCUT2D eigenvalue weighted by atomic mass is 16.1. The molecule has 0 bridgehead atoms. The quantitative estimate of drug-likeness (QED) is 0.749. The number of benzene rings is 1. The SMILES string of the molecule is NC(=O)c1nnn(Cc2ccccc2)n1. The van der Waals surface area contributed by atoms with Crippen molar-refractivity contribution in [2.75, 3.05) is 0 Å². The maximum atomic E-state index is 10.7. The minimum Gasteiger partial charge on any atom is -0.363 e. The number of tetrazole rings is 1. The Kier molecular flexibility index (Phi) is 2.40. The molecule has 0 saturated heterocycles. The topological polar surface area (TPSA) is 86.7 Å². The first kappa shape index (κ1) is 9.32. The molecule has 1 aromatic carbocycles. The van der Waals surface area contributed by atoms with Crippen LogP contribution in [0.25, 0.3) is 0 Å². The number of carbonyl (C=O) groups excluding carboxylic acids is 1. The summed E-state index contributed by atoms with van der Waals surface area (Å²) in [5.41, 5.74) is 6.04. The highest BCUT2D eigenvalue weighted by molar-refractivity contribution is 5.88. The first-order valence-electron chi connectivity index (χ1n) is 4.37. The standard InChI is InChI=1S/C9H9N5O/c10-8(15)9-11-13-14(12-9)6-7-4-2-1-3-5-7/h1-5H,6H2,(H2,10,15). The van der Waals surface area contributed by atoms with Crippen molar-refractivity contribution in [3.63, 3.8) is 0 Å². The largest absolute Gasteiger partial charge is 0.363 e. The molecule has 0 spiro atoms. The molecule has 1 aromatic heterocycles. The van der Waals surface area contributed by atoms with E-state index in [1.54, 1.807) is 0 Å². The molecule has 0 atom stereocenters. The second-order valence-corrected chi connectivity index (χ2v) is 2.99. The van der Waals surface area contributed by atoms with E-state index in [1.165, 1.54) is 4.80 Å². The minimum absolute atomic E-state index is 0.0640. The molecule has 15 heavy (non-hydrogen) atoms. The number of rotatable bonds is 3. The van der Waals surface area contributed by atoms with Crippen molar-refractivity contribution in [3.05, 3.63) is 41.7 Å². The van der Waals surface area contributed by atoms with Crippen molar-refractivity contribution in [2.45, 2.75) is 6.54 Å². The summed E-state index contributed by atoms with van der Waals surface area (Å²) in [6.45, 7) is 0.473. The Morgan fingerprint density at radius 1 is 1.33 bits per heavy atom. The van der Waals surface area contributed by atoms with E-state index in [-0.39, 0.29) is 5.82 Å². The van der Waals surface area contributed by atoms with Crippen LogP contribution < -0.4 is 5.73 Å². The lowest BCUT2D eigenvalue weighted by Crippen LogP contribution is -2.13. The van der Waals surface area contributed by atoms with Gasteiger partial charge in [0.15, 0.2) is 0 Å². The third-order valence-electron chi connectivity index (χ3n) is 1.84. The van der Waals surface area contributed by atoms with E-state index < -0.39 is 5.91 Å². The zero-order chi connectivity index (χ0) is 10.7. The lowest BCUT2D eigenvalue weighted by molar-refractivity contribution is 0.0990. The zero-order valence-electron chi connectivity index (χ0n) is 7.87. The van der Waals surface area contributed by atoms with Crippen LogP contribution in [0.15, 0.2) is 30.3 Å². The van der Waals surface area contributed by atoms with Crippen molar-refractivity contribution in [3.8, 4) is 0 Å². The summed E-state index contributed by atoms with van der Waals surface area (Å²) in [6, 6.07) is 9.64. The molecule has 2 N–H and O–H groups in total. The van der Waals surface area contributed by atoms with E-state index in [9.17, 15) is 4.79 Å². The van der Waals surface area contributed by atoms with Crippen molar-refractivity contribution in [1.29, 1.82) is 0 Å². The van der Waals surface area contributed by atoms with Crippen LogP contribution in [0.1, 0.15) is 16.2 Å². The molecule has 6 nitrogen and oxygen atoms in total. The maximum absolute atomic E-state index is 10.7. The average Bonchev–Trinajstić information content (AvgIpc) is 2.68. The molecule has 76 valence electrons. The molecular formula is C9H9N5O. The Labute approximate surface area is 85.7 Å².